The third-order valence-corrected chi connectivity index (χ3v) is 5.81. The van der Waals surface area contributed by atoms with Gasteiger partial charge in [-0.3, -0.25) is 19.9 Å². The Bertz CT molecular complexity index is 1220. The Morgan fingerprint density at radius 1 is 1.25 bits per heavy atom. The number of methoxy groups -OCH3 is 1. The zero-order valence-corrected chi connectivity index (χ0v) is 17.1. The zero-order valence-electron chi connectivity index (χ0n) is 17.1. The molecular weight excluding hydrogens is 419 g/mol. The van der Waals surface area contributed by atoms with Crippen LogP contribution >= 0.6 is 0 Å². The van der Waals surface area contributed by atoms with Crippen LogP contribution in [0.5, 0.6) is 5.75 Å². The summed E-state index contributed by atoms with van der Waals surface area (Å²) >= 11 is 0. The van der Waals surface area contributed by atoms with E-state index in [-0.39, 0.29) is 30.2 Å². The maximum absolute atomic E-state index is 14.7. The largest absolute Gasteiger partial charge is 0.494 e. The van der Waals surface area contributed by atoms with Crippen LogP contribution in [0.1, 0.15) is 33.9 Å². The van der Waals surface area contributed by atoms with Gasteiger partial charge in [-0.05, 0) is 30.2 Å². The molecular formula is C22H19FN4O5. The van der Waals surface area contributed by atoms with Crippen molar-refractivity contribution >= 4 is 29.6 Å². The lowest BCUT2D eigenvalue weighted by molar-refractivity contribution is -0.125. The van der Waals surface area contributed by atoms with Gasteiger partial charge in [0.1, 0.15) is 11.5 Å². The number of hydrogen-bond donors (Lipinski definition) is 2. The molecule has 164 valence electrons. The number of ether oxygens (including phenoxy) is 1. The van der Waals surface area contributed by atoms with Gasteiger partial charge in [-0.1, -0.05) is 12.1 Å². The van der Waals surface area contributed by atoms with Crippen molar-refractivity contribution in [2.75, 3.05) is 20.2 Å². The molecule has 9 nitrogen and oxygen atoms in total. The molecule has 4 heterocycles. The standard InChI is InChI=1S/C22H19FN4O5/c1-31-15-5-4-13-10-27(19(28)17(13)18(15)23)11-22(20(29)25-21(30)26-22)16-7-6-14(32-16)12-3-2-8-24-9-12/h3-7,9H,2,8,10-11H2,1H3,(H2,25,26,29,30). The van der Waals surface area contributed by atoms with E-state index in [1.54, 1.807) is 24.4 Å². The molecule has 32 heavy (non-hydrogen) atoms. The highest BCUT2D eigenvalue weighted by molar-refractivity contribution is 6.10. The predicted molar refractivity (Wildman–Crippen MR) is 111 cm³/mol. The van der Waals surface area contributed by atoms with Crippen molar-refractivity contribution in [2.45, 2.75) is 18.5 Å². The molecule has 1 saturated heterocycles. The number of aliphatic imine (C=N–C) groups is 1. The molecule has 1 atom stereocenters. The summed E-state index contributed by atoms with van der Waals surface area (Å²) in [4.78, 5) is 43.5. The fourth-order valence-corrected chi connectivity index (χ4v) is 4.22. The first-order valence-corrected chi connectivity index (χ1v) is 10.0. The number of nitrogens with zero attached hydrogens (tertiary/aromatic N) is 2. The molecule has 2 N–H and O–H groups in total. The summed E-state index contributed by atoms with van der Waals surface area (Å²) in [5.74, 6) is -1.40. The average molecular weight is 438 g/mol. The summed E-state index contributed by atoms with van der Waals surface area (Å²) in [7, 11) is 1.32. The second kappa shape index (κ2) is 7.33. The summed E-state index contributed by atoms with van der Waals surface area (Å²) in [6.07, 6.45) is 4.41. The van der Waals surface area contributed by atoms with Crippen molar-refractivity contribution in [2.24, 2.45) is 4.99 Å². The molecule has 0 saturated carbocycles. The molecule has 0 radical (unpaired) electrons. The number of dihydropyridines is 1. The van der Waals surface area contributed by atoms with Gasteiger partial charge in [0.2, 0.25) is 0 Å². The van der Waals surface area contributed by atoms with Crippen molar-refractivity contribution < 1.29 is 27.9 Å². The lowest BCUT2D eigenvalue weighted by atomic mass is 9.95. The van der Waals surface area contributed by atoms with Crippen LogP contribution in [0, 0.1) is 5.82 Å². The van der Waals surface area contributed by atoms with Gasteiger partial charge in [0.15, 0.2) is 17.1 Å². The van der Waals surface area contributed by atoms with E-state index in [4.69, 9.17) is 9.15 Å². The summed E-state index contributed by atoms with van der Waals surface area (Å²) in [6, 6.07) is 5.62. The van der Waals surface area contributed by atoms with Gasteiger partial charge in [-0.2, -0.15) is 0 Å². The molecule has 0 aliphatic carbocycles. The highest BCUT2D eigenvalue weighted by Gasteiger charge is 2.53. The van der Waals surface area contributed by atoms with Crippen LogP contribution in [0.15, 0.2) is 39.8 Å². The molecule has 1 unspecified atom stereocenters. The SMILES string of the molecule is COc1ccc2c(c1F)C(=O)N(CC1(c3ccc(C4=CCCN=C4)o3)NC(=O)NC1=O)C2. The van der Waals surface area contributed by atoms with E-state index >= 15 is 0 Å². The van der Waals surface area contributed by atoms with Crippen molar-refractivity contribution in [1.82, 2.24) is 15.5 Å². The zero-order chi connectivity index (χ0) is 22.5. The average Bonchev–Trinajstić information content (AvgIpc) is 3.47. The molecule has 4 amide bonds. The Hall–Kier alpha value is -3.95. The predicted octanol–water partition coefficient (Wildman–Crippen LogP) is 1.98. The van der Waals surface area contributed by atoms with Crippen LogP contribution in [-0.2, 0) is 16.9 Å². The Balaban J connectivity index is 1.50. The number of carbonyl (C=O) groups is 3. The van der Waals surface area contributed by atoms with E-state index in [1.807, 2.05) is 6.08 Å². The van der Waals surface area contributed by atoms with Crippen LogP contribution < -0.4 is 15.4 Å². The number of hydrogen-bond acceptors (Lipinski definition) is 6. The summed E-state index contributed by atoms with van der Waals surface area (Å²) in [5.41, 5.74) is -0.522. The molecule has 3 aliphatic heterocycles. The van der Waals surface area contributed by atoms with E-state index in [9.17, 15) is 18.8 Å². The first kappa shape index (κ1) is 20.0. The highest BCUT2D eigenvalue weighted by atomic mass is 19.1. The van der Waals surface area contributed by atoms with Gasteiger partial charge in [-0.15, -0.1) is 0 Å². The van der Waals surface area contributed by atoms with Gasteiger partial charge < -0.3 is 19.4 Å². The first-order valence-electron chi connectivity index (χ1n) is 10.0. The van der Waals surface area contributed by atoms with Crippen molar-refractivity contribution in [3.63, 3.8) is 0 Å². The molecule has 2 aromatic rings. The fraction of sp³-hybridized carbons (Fsp3) is 0.273. The summed E-state index contributed by atoms with van der Waals surface area (Å²) in [6.45, 7) is 0.531. The minimum absolute atomic E-state index is 0.0429. The molecule has 1 aromatic carbocycles. The van der Waals surface area contributed by atoms with Gasteiger partial charge in [0.25, 0.3) is 11.8 Å². The van der Waals surface area contributed by atoms with E-state index in [1.165, 1.54) is 18.1 Å². The number of urea groups is 1. The van der Waals surface area contributed by atoms with Crippen LogP contribution in [0.4, 0.5) is 9.18 Å². The van der Waals surface area contributed by atoms with Crippen LogP contribution in [-0.4, -0.2) is 49.2 Å². The monoisotopic (exact) mass is 438 g/mol. The number of rotatable bonds is 5. The van der Waals surface area contributed by atoms with Gasteiger partial charge in [-0.25, -0.2) is 9.18 Å². The molecule has 3 aliphatic rings. The number of amides is 4. The Morgan fingerprint density at radius 3 is 2.78 bits per heavy atom. The molecule has 0 spiro atoms. The molecule has 5 rings (SSSR count). The number of imide groups is 1. The van der Waals surface area contributed by atoms with Crippen molar-refractivity contribution in [1.29, 1.82) is 0 Å². The highest BCUT2D eigenvalue weighted by Crippen LogP contribution is 2.35. The van der Waals surface area contributed by atoms with Crippen molar-refractivity contribution in [3.8, 4) is 5.75 Å². The first-order chi connectivity index (χ1) is 15.4. The number of halogens is 1. The number of furan rings is 1. The van der Waals surface area contributed by atoms with E-state index in [2.05, 4.69) is 15.6 Å². The molecule has 1 aromatic heterocycles. The minimum Gasteiger partial charge on any atom is -0.494 e. The van der Waals surface area contributed by atoms with Gasteiger partial charge in [0, 0.05) is 24.9 Å². The normalized spacial score (nSPS) is 22.0. The lowest BCUT2D eigenvalue weighted by Crippen LogP contribution is -2.52. The fourth-order valence-electron chi connectivity index (χ4n) is 4.22. The number of allylic oxidation sites excluding steroid dienone is 1. The van der Waals surface area contributed by atoms with E-state index < -0.39 is 29.2 Å². The quantitative estimate of drug-likeness (QED) is 0.693. The number of nitrogens with one attached hydrogen (secondary N) is 2. The second-order valence-electron chi connectivity index (χ2n) is 7.74. The number of benzene rings is 1. The molecule has 1 fully saturated rings. The van der Waals surface area contributed by atoms with Gasteiger partial charge >= 0.3 is 6.03 Å². The number of fused-ring (bicyclic) bond motifs is 1. The third kappa shape index (κ3) is 2.98. The van der Waals surface area contributed by atoms with Gasteiger partial charge in [0.05, 0.1) is 19.2 Å². The Kier molecular flexibility index (Phi) is 4.58. The third-order valence-electron chi connectivity index (χ3n) is 5.81. The van der Waals surface area contributed by atoms with Crippen LogP contribution in [0.2, 0.25) is 0 Å². The summed E-state index contributed by atoms with van der Waals surface area (Å²) < 4.78 is 25.6. The number of carbonyl (C=O) groups excluding carboxylic acids is 3. The molecule has 10 heteroatoms. The minimum atomic E-state index is -1.65. The van der Waals surface area contributed by atoms with Crippen LogP contribution in [0.3, 0.4) is 0 Å². The smallest absolute Gasteiger partial charge is 0.322 e. The summed E-state index contributed by atoms with van der Waals surface area (Å²) in [5, 5.41) is 4.81. The maximum atomic E-state index is 14.7. The topological polar surface area (TPSA) is 113 Å². The molecule has 0 bridgehead atoms. The van der Waals surface area contributed by atoms with Crippen molar-refractivity contribution in [3.05, 3.63) is 58.8 Å². The Morgan fingerprint density at radius 2 is 2.09 bits per heavy atom. The van der Waals surface area contributed by atoms with E-state index in [0.717, 1.165) is 12.0 Å². The van der Waals surface area contributed by atoms with Crippen LogP contribution in [0.25, 0.3) is 5.57 Å². The maximum Gasteiger partial charge on any atom is 0.322 e. The van der Waals surface area contributed by atoms with E-state index in [0.29, 0.717) is 17.9 Å². The second-order valence-corrected chi connectivity index (χ2v) is 7.74. The Labute approximate surface area is 181 Å². The lowest BCUT2D eigenvalue weighted by Gasteiger charge is -2.29.